The summed E-state index contributed by atoms with van der Waals surface area (Å²) in [5.74, 6) is 0.124. The second-order valence-electron chi connectivity index (χ2n) is 4.88. The van der Waals surface area contributed by atoms with Crippen LogP contribution in [0.25, 0.3) is 0 Å². The summed E-state index contributed by atoms with van der Waals surface area (Å²) < 4.78 is 1.77. The molecule has 2 heterocycles. The van der Waals surface area contributed by atoms with Crippen molar-refractivity contribution in [1.29, 1.82) is 0 Å². The lowest BCUT2D eigenvalue weighted by molar-refractivity contribution is -0.138. The summed E-state index contributed by atoms with van der Waals surface area (Å²) in [6.07, 6.45) is 2.95. The molecular formula is C14H19N3O3. The molecule has 0 aromatic carbocycles. The van der Waals surface area contributed by atoms with Gasteiger partial charge in [0.25, 0.3) is 0 Å². The number of carbonyl (C=O) groups excluding carboxylic acids is 3. The Morgan fingerprint density at radius 2 is 1.85 bits per heavy atom. The summed E-state index contributed by atoms with van der Waals surface area (Å²) >= 11 is 0. The Kier molecular flexibility index (Phi) is 4.55. The summed E-state index contributed by atoms with van der Waals surface area (Å²) in [7, 11) is 0. The van der Waals surface area contributed by atoms with Crippen LogP contribution in [-0.2, 0) is 16.1 Å². The normalized spacial score (nSPS) is 15.2. The van der Waals surface area contributed by atoms with Crippen LogP contribution < -0.4 is 0 Å². The number of piperazine rings is 1. The van der Waals surface area contributed by atoms with E-state index in [1.165, 1.54) is 0 Å². The number of nitrogens with zero attached hydrogens (tertiary/aromatic N) is 3. The van der Waals surface area contributed by atoms with E-state index < -0.39 is 0 Å². The fourth-order valence-electron chi connectivity index (χ4n) is 2.38. The van der Waals surface area contributed by atoms with Crippen LogP contribution in [0.4, 0.5) is 0 Å². The van der Waals surface area contributed by atoms with Crippen molar-refractivity contribution in [3.63, 3.8) is 0 Å². The van der Waals surface area contributed by atoms with E-state index in [4.69, 9.17) is 0 Å². The number of amides is 2. The molecule has 20 heavy (non-hydrogen) atoms. The summed E-state index contributed by atoms with van der Waals surface area (Å²) in [6.45, 7) is 4.43. The number of aryl methyl sites for hydroxylation is 1. The van der Waals surface area contributed by atoms with Gasteiger partial charge in [-0.3, -0.25) is 14.4 Å². The Balaban J connectivity index is 1.81. The largest absolute Gasteiger partial charge is 0.345 e. The fraction of sp³-hybridized carbons (Fsp3) is 0.500. The third-order valence-electron chi connectivity index (χ3n) is 3.63. The summed E-state index contributed by atoms with van der Waals surface area (Å²) in [5.41, 5.74) is 0.583. The minimum Gasteiger partial charge on any atom is -0.345 e. The number of hydrogen-bond donors (Lipinski definition) is 0. The van der Waals surface area contributed by atoms with E-state index >= 15 is 0 Å². The van der Waals surface area contributed by atoms with Crippen molar-refractivity contribution in [2.24, 2.45) is 0 Å². The predicted molar refractivity (Wildman–Crippen MR) is 73.3 cm³/mol. The minimum absolute atomic E-state index is 0.0556. The van der Waals surface area contributed by atoms with Crippen molar-refractivity contribution in [2.45, 2.75) is 19.9 Å². The maximum Gasteiger partial charge on any atom is 0.224 e. The van der Waals surface area contributed by atoms with E-state index in [0.717, 1.165) is 6.29 Å². The van der Waals surface area contributed by atoms with Crippen molar-refractivity contribution < 1.29 is 14.4 Å². The van der Waals surface area contributed by atoms with Crippen molar-refractivity contribution in [2.75, 3.05) is 26.2 Å². The van der Waals surface area contributed by atoms with Crippen molar-refractivity contribution >= 4 is 18.1 Å². The average Bonchev–Trinajstić information content (AvgIpc) is 2.92. The van der Waals surface area contributed by atoms with Crippen LogP contribution in [0.2, 0.25) is 0 Å². The van der Waals surface area contributed by atoms with Gasteiger partial charge >= 0.3 is 0 Å². The Labute approximate surface area is 117 Å². The van der Waals surface area contributed by atoms with Gasteiger partial charge in [-0.2, -0.15) is 0 Å². The first kappa shape index (κ1) is 14.3. The molecule has 1 aromatic rings. The molecule has 0 unspecified atom stereocenters. The molecule has 1 saturated heterocycles. The Hall–Kier alpha value is -2.11. The highest BCUT2D eigenvalue weighted by molar-refractivity contribution is 5.77. The van der Waals surface area contributed by atoms with Gasteiger partial charge < -0.3 is 14.4 Å². The Bertz CT molecular complexity index is 502. The van der Waals surface area contributed by atoms with Crippen LogP contribution in [-0.4, -0.2) is 58.6 Å². The molecule has 108 valence electrons. The van der Waals surface area contributed by atoms with Gasteiger partial charge in [-0.15, -0.1) is 0 Å². The van der Waals surface area contributed by atoms with Gasteiger partial charge in [-0.05, 0) is 12.1 Å². The first-order valence-electron chi connectivity index (χ1n) is 6.75. The first-order chi connectivity index (χ1) is 9.61. The lowest BCUT2D eigenvalue weighted by atomic mass is 10.2. The molecular weight excluding hydrogens is 258 g/mol. The quantitative estimate of drug-likeness (QED) is 0.748. The topological polar surface area (TPSA) is 62.6 Å². The molecule has 6 nitrogen and oxygen atoms in total. The molecule has 1 aliphatic heterocycles. The molecule has 2 rings (SSSR count). The van der Waals surface area contributed by atoms with Gasteiger partial charge in [0.2, 0.25) is 11.8 Å². The van der Waals surface area contributed by atoms with E-state index in [1.54, 1.807) is 39.6 Å². The summed E-state index contributed by atoms with van der Waals surface area (Å²) in [4.78, 5) is 37.6. The van der Waals surface area contributed by atoms with Gasteiger partial charge in [0, 0.05) is 52.3 Å². The number of aromatic nitrogens is 1. The molecule has 0 bridgehead atoms. The number of hydrogen-bond acceptors (Lipinski definition) is 3. The second-order valence-corrected chi connectivity index (χ2v) is 4.88. The number of carbonyl (C=O) groups is 3. The number of rotatable bonds is 4. The highest BCUT2D eigenvalue weighted by Crippen LogP contribution is 2.06. The van der Waals surface area contributed by atoms with Crippen LogP contribution in [0, 0.1) is 0 Å². The van der Waals surface area contributed by atoms with Crippen molar-refractivity contribution in [3.8, 4) is 0 Å². The molecule has 0 spiro atoms. The number of aldehydes is 1. The van der Waals surface area contributed by atoms with Crippen LogP contribution in [0.1, 0.15) is 23.8 Å². The molecule has 0 atom stereocenters. The predicted octanol–water partition coefficient (Wildman–Crippen LogP) is 0.381. The Morgan fingerprint density at radius 1 is 1.20 bits per heavy atom. The van der Waals surface area contributed by atoms with E-state index in [2.05, 4.69) is 0 Å². The standard InChI is InChI=1S/C14H19N3O3/c1-12(19)15-7-9-17(10-8-15)14(20)4-6-16-5-2-3-13(16)11-18/h2-3,5,11H,4,6-10H2,1H3. The maximum absolute atomic E-state index is 12.1. The summed E-state index contributed by atoms with van der Waals surface area (Å²) in [5, 5.41) is 0. The van der Waals surface area contributed by atoms with Gasteiger partial charge in [0.05, 0.1) is 5.69 Å². The van der Waals surface area contributed by atoms with Gasteiger partial charge in [-0.25, -0.2) is 0 Å². The zero-order valence-corrected chi connectivity index (χ0v) is 11.6. The molecule has 6 heteroatoms. The van der Waals surface area contributed by atoms with Crippen LogP contribution in [0.5, 0.6) is 0 Å². The highest BCUT2D eigenvalue weighted by atomic mass is 16.2. The third-order valence-corrected chi connectivity index (χ3v) is 3.63. The minimum atomic E-state index is 0.0556. The van der Waals surface area contributed by atoms with Crippen molar-refractivity contribution in [1.82, 2.24) is 14.4 Å². The Morgan fingerprint density at radius 3 is 2.45 bits per heavy atom. The van der Waals surface area contributed by atoms with Crippen LogP contribution >= 0.6 is 0 Å². The summed E-state index contributed by atoms with van der Waals surface area (Å²) in [6, 6.07) is 3.52. The van der Waals surface area contributed by atoms with E-state index in [-0.39, 0.29) is 11.8 Å². The lowest BCUT2D eigenvalue weighted by Crippen LogP contribution is -2.50. The SMILES string of the molecule is CC(=O)N1CCN(C(=O)CCn2cccc2C=O)CC1. The van der Waals surface area contributed by atoms with Gasteiger partial charge in [0.15, 0.2) is 6.29 Å². The lowest BCUT2D eigenvalue weighted by Gasteiger charge is -2.34. The van der Waals surface area contributed by atoms with Crippen molar-refractivity contribution in [3.05, 3.63) is 24.0 Å². The zero-order valence-electron chi connectivity index (χ0n) is 11.6. The first-order valence-corrected chi connectivity index (χ1v) is 6.75. The third kappa shape index (κ3) is 3.26. The smallest absolute Gasteiger partial charge is 0.224 e. The molecule has 0 radical (unpaired) electrons. The molecule has 1 fully saturated rings. The fourth-order valence-corrected chi connectivity index (χ4v) is 2.38. The molecule has 0 saturated carbocycles. The van der Waals surface area contributed by atoms with E-state index in [9.17, 15) is 14.4 Å². The molecule has 1 aromatic heterocycles. The zero-order chi connectivity index (χ0) is 14.5. The monoisotopic (exact) mass is 277 g/mol. The van der Waals surface area contributed by atoms with E-state index in [1.807, 2.05) is 0 Å². The van der Waals surface area contributed by atoms with Gasteiger partial charge in [0.1, 0.15) is 0 Å². The highest BCUT2D eigenvalue weighted by Gasteiger charge is 2.21. The second kappa shape index (κ2) is 6.36. The van der Waals surface area contributed by atoms with E-state index in [0.29, 0.717) is 44.8 Å². The molecule has 2 amide bonds. The maximum atomic E-state index is 12.1. The molecule has 0 N–H and O–H groups in total. The van der Waals surface area contributed by atoms with Crippen LogP contribution in [0.3, 0.4) is 0 Å². The molecule has 0 aliphatic carbocycles. The molecule has 1 aliphatic rings. The van der Waals surface area contributed by atoms with Gasteiger partial charge in [-0.1, -0.05) is 0 Å². The van der Waals surface area contributed by atoms with Crippen LogP contribution in [0.15, 0.2) is 18.3 Å². The average molecular weight is 277 g/mol.